The van der Waals surface area contributed by atoms with Crippen molar-refractivity contribution in [2.45, 2.75) is 26.2 Å². The van der Waals surface area contributed by atoms with Gasteiger partial charge >= 0.3 is 0 Å². The number of benzene rings is 2. The van der Waals surface area contributed by atoms with Crippen LogP contribution in [0.3, 0.4) is 0 Å². The minimum Gasteiger partial charge on any atom is -0.493 e. The predicted octanol–water partition coefficient (Wildman–Crippen LogP) is 3.78. The lowest BCUT2D eigenvalue weighted by atomic mass is 10.0. The Morgan fingerprint density at radius 1 is 0.917 bits per heavy atom. The Balaban J connectivity index is 1.91. The lowest BCUT2D eigenvalue weighted by Gasteiger charge is -2.15. The van der Waals surface area contributed by atoms with Gasteiger partial charge in [-0.05, 0) is 48.2 Å². The number of rotatable bonds is 9. The minimum atomic E-state index is 0.428. The van der Waals surface area contributed by atoms with Crippen molar-refractivity contribution in [3.63, 3.8) is 0 Å². The van der Waals surface area contributed by atoms with Gasteiger partial charge in [0.2, 0.25) is 0 Å². The molecule has 130 valence electrons. The van der Waals surface area contributed by atoms with E-state index in [1.54, 1.807) is 7.11 Å². The zero-order chi connectivity index (χ0) is 17.4. The molecule has 2 N–H and O–H groups in total. The molecule has 0 radical (unpaired) electrons. The first-order valence-corrected chi connectivity index (χ1v) is 8.37. The smallest absolute Gasteiger partial charge is 0.161 e. The highest BCUT2D eigenvalue weighted by Crippen LogP contribution is 2.29. The third kappa shape index (κ3) is 4.90. The first kappa shape index (κ1) is 18.1. The van der Waals surface area contributed by atoms with Crippen LogP contribution >= 0.6 is 0 Å². The Bertz CT molecular complexity index is 641. The van der Waals surface area contributed by atoms with Gasteiger partial charge < -0.3 is 19.9 Å². The number of hydrogen-bond donors (Lipinski definition) is 1. The second-order valence-electron chi connectivity index (χ2n) is 5.91. The summed E-state index contributed by atoms with van der Waals surface area (Å²) in [6.45, 7) is 5.88. The van der Waals surface area contributed by atoms with Crippen LogP contribution in [0.2, 0.25) is 0 Å². The fraction of sp³-hybridized carbons (Fsp3) is 0.400. The summed E-state index contributed by atoms with van der Waals surface area (Å²) in [4.78, 5) is 0. The molecule has 2 aromatic carbocycles. The third-order valence-electron chi connectivity index (χ3n) is 3.80. The number of hydrogen-bond acceptors (Lipinski definition) is 4. The normalized spacial score (nSPS) is 10.7. The topological polar surface area (TPSA) is 53.7 Å². The lowest BCUT2D eigenvalue weighted by Crippen LogP contribution is -2.11. The summed E-state index contributed by atoms with van der Waals surface area (Å²) < 4.78 is 17.1. The van der Waals surface area contributed by atoms with Crippen molar-refractivity contribution in [3.8, 4) is 17.2 Å². The molecule has 2 rings (SSSR count). The van der Waals surface area contributed by atoms with Gasteiger partial charge in [-0.1, -0.05) is 38.1 Å². The molecule has 4 nitrogen and oxygen atoms in total. The molecule has 0 aliphatic heterocycles. The highest BCUT2D eigenvalue weighted by atomic mass is 16.5. The van der Waals surface area contributed by atoms with E-state index in [1.165, 1.54) is 5.56 Å². The van der Waals surface area contributed by atoms with Crippen molar-refractivity contribution in [2.24, 2.45) is 5.73 Å². The standard InChI is InChI=1S/C20H27NO3/c1-15(2)17-6-4-5-7-18(17)23-12-13-24-19-9-8-16(10-11-21)14-20(19)22-3/h4-9,14-15H,10-13,21H2,1-3H3. The molecular formula is C20H27NO3. The van der Waals surface area contributed by atoms with E-state index in [9.17, 15) is 0 Å². The minimum absolute atomic E-state index is 0.428. The predicted molar refractivity (Wildman–Crippen MR) is 97.3 cm³/mol. The molecule has 4 heteroatoms. The van der Waals surface area contributed by atoms with Gasteiger partial charge in [-0.25, -0.2) is 0 Å². The Morgan fingerprint density at radius 3 is 2.29 bits per heavy atom. The van der Waals surface area contributed by atoms with E-state index in [-0.39, 0.29) is 0 Å². The monoisotopic (exact) mass is 329 g/mol. The first-order valence-electron chi connectivity index (χ1n) is 8.37. The maximum Gasteiger partial charge on any atom is 0.161 e. The molecule has 2 aromatic rings. The van der Waals surface area contributed by atoms with Crippen molar-refractivity contribution in [1.29, 1.82) is 0 Å². The zero-order valence-corrected chi connectivity index (χ0v) is 14.7. The molecule has 0 bridgehead atoms. The molecule has 0 spiro atoms. The van der Waals surface area contributed by atoms with Gasteiger partial charge in [0.25, 0.3) is 0 Å². The maximum absolute atomic E-state index is 5.87. The van der Waals surface area contributed by atoms with Crippen molar-refractivity contribution in [1.82, 2.24) is 0 Å². The fourth-order valence-corrected chi connectivity index (χ4v) is 2.55. The van der Waals surface area contributed by atoms with E-state index in [4.69, 9.17) is 19.9 Å². The van der Waals surface area contributed by atoms with Crippen LogP contribution in [0.4, 0.5) is 0 Å². The summed E-state index contributed by atoms with van der Waals surface area (Å²) >= 11 is 0. The van der Waals surface area contributed by atoms with Crippen LogP contribution in [-0.2, 0) is 6.42 Å². The Hall–Kier alpha value is -2.20. The zero-order valence-electron chi connectivity index (χ0n) is 14.7. The average molecular weight is 329 g/mol. The Labute approximate surface area is 144 Å². The van der Waals surface area contributed by atoms with Gasteiger partial charge in [0.15, 0.2) is 11.5 Å². The lowest BCUT2D eigenvalue weighted by molar-refractivity contribution is 0.210. The van der Waals surface area contributed by atoms with Crippen LogP contribution in [0.5, 0.6) is 17.2 Å². The van der Waals surface area contributed by atoms with Gasteiger partial charge in [0, 0.05) is 0 Å². The Kier molecular flexibility index (Phi) is 6.94. The van der Waals surface area contributed by atoms with Crippen molar-refractivity contribution in [2.75, 3.05) is 26.9 Å². The van der Waals surface area contributed by atoms with E-state index >= 15 is 0 Å². The average Bonchev–Trinajstić information content (AvgIpc) is 2.60. The van der Waals surface area contributed by atoms with Gasteiger partial charge in [-0.2, -0.15) is 0 Å². The van der Waals surface area contributed by atoms with Crippen LogP contribution in [0.25, 0.3) is 0 Å². The fourth-order valence-electron chi connectivity index (χ4n) is 2.55. The first-order chi connectivity index (χ1) is 11.7. The largest absolute Gasteiger partial charge is 0.493 e. The van der Waals surface area contributed by atoms with Gasteiger partial charge in [0.1, 0.15) is 19.0 Å². The van der Waals surface area contributed by atoms with Crippen molar-refractivity contribution in [3.05, 3.63) is 53.6 Å². The van der Waals surface area contributed by atoms with Crippen molar-refractivity contribution >= 4 is 0 Å². The van der Waals surface area contributed by atoms with Gasteiger partial charge in [-0.15, -0.1) is 0 Å². The maximum atomic E-state index is 5.87. The van der Waals surface area contributed by atoms with Crippen LogP contribution in [0, 0.1) is 0 Å². The molecule has 0 aliphatic carbocycles. The molecule has 0 aliphatic rings. The molecule has 0 heterocycles. The van der Waals surface area contributed by atoms with E-state index in [0.717, 1.165) is 29.2 Å². The summed E-state index contributed by atoms with van der Waals surface area (Å²) in [7, 11) is 1.64. The van der Waals surface area contributed by atoms with Gasteiger partial charge in [0.05, 0.1) is 7.11 Å². The molecule has 0 atom stereocenters. The molecular weight excluding hydrogens is 302 g/mol. The quantitative estimate of drug-likeness (QED) is 0.711. The molecule has 0 fully saturated rings. The summed E-state index contributed by atoms with van der Waals surface area (Å²) in [5.41, 5.74) is 7.94. The van der Waals surface area contributed by atoms with Gasteiger partial charge in [-0.3, -0.25) is 0 Å². The molecule has 0 aromatic heterocycles. The molecule has 0 unspecified atom stereocenters. The van der Waals surface area contributed by atoms with Crippen LogP contribution in [0.15, 0.2) is 42.5 Å². The number of methoxy groups -OCH3 is 1. The highest BCUT2D eigenvalue weighted by molar-refractivity contribution is 5.43. The summed E-state index contributed by atoms with van der Waals surface area (Å²) in [5, 5.41) is 0. The highest BCUT2D eigenvalue weighted by Gasteiger charge is 2.08. The number of ether oxygens (including phenoxy) is 3. The van der Waals surface area contributed by atoms with Crippen LogP contribution < -0.4 is 19.9 Å². The summed E-state index contributed by atoms with van der Waals surface area (Å²) in [6.07, 6.45) is 0.825. The summed E-state index contributed by atoms with van der Waals surface area (Å²) in [5.74, 6) is 2.79. The van der Waals surface area contributed by atoms with Crippen molar-refractivity contribution < 1.29 is 14.2 Å². The number of nitrogens with two attached hydrogens (primary N) is 1. The van der Waals surface area contributed by atoms with Crippen LogP contribution in [0.1, 0.15) is 30.9 Å². The van der Waals surface area contributed by atoms with E-state index in [1.807, 2.05) is 36.4 Å². The van der Waals surface area contributed by atoms with E-state index in [0.29, 0.717) is 25.7 Å². The number of para-hydroxylation sites is 1. The Morgan fingerprint density at radius 2 is 1.62 bits per heavy atom. The van der Waals surface area contributed by atoms with Crippen LogP contribution in [-0.4, -0.2) is 26.9 Å². The second kappa shape index (κ2) is 9.18. The second-order valence-corrected chi connectivity index (χ2v) is 5.91. The van der Waals surface area contributed by atoms with E-state index < -0.39 is 0 Å². The SMILES string of the molecule is COc1cc(CCN)ccc1OCCOc1ccccc1C(C)C. The van der Waals surface area contributed by atoms with E-state index in [2.05, 4.69) is 19.9 Å². The molecule has 0 saturated carbocycles. The third-order valence-corrected chi connectivity index (χ3v) is 3.80. The molecule has 24 heavy (non-hydrogen) atoms. The molecule has 0 amide bonds. The summed E-state index contributed by atoms with van der Waals surface area (Å²) in [6, 6.07) is 14.0. The molecule has 0 saturated heterocycles.